The van der Waals surface area contributed by atoms with Crippen LogP contribution in [0.4, 0.5) is 11.4 Å². The summed E-state index contributed by atoms with van der Waals surface area (Å²) in [6, 6.07) is 19.4. The SMILES string of the molecule is O=C(O)c1cccc(NC(=O)c2cccc(NC(=O)c3ccc(Br)cc3)c2)c1. The summed E-state index contributed by atoms with van der Waals surface area (Å²) < 4.78 is 0.870. The van der Waals surface area contributed by atoms with Gasteiger partial charge in [0, 0.05) is 27.0 Å². The van der Waals surface area contributed by atoms with Crippen molar-refractivity contribution in [1.29, 1.82) is 0 Å². The molecule has 3 aromatic rings. The smallest absolute Gasteiger partial charge is 0.335 e. The summed E-state index contributed by atoms with van der Waals surface area (Å²) in [5, 5.41) is 14.4. The van der Waals surface area contributed by atoms with Gasteiger partial charge in [-0.05, 0) is 60.7 Å². The van der Waals surface area contributed by atoms with Crippen LogP contribution in [0.3, 0.4) is 0 Å². The van der Waals surface area contributed by atoms with Crippen molar-refractivity contribution in [2.45, 2.75) is 0 Å². The predicted octanol–water partition coefficient (Wildman–Crippen LogP) is 4.65. The number of anilines is 2. The summed E-state index contributed by atoms with van der Waals surface area (Å²) in [5.41, 5.74) is 1.74. The fourth-order valence-electron chi connectivity index (χ4n) is 2.48. The second-order valence-electron chi connectivity index (χ2n) is 5.88. The number of carboxylic acids is 1. The number of aromatic carboxylic acids is 1. The number of hydrogen-bond acceptors (Lipinski definition) is 3. The topological polar surface area (TPSA) is 95.5 Å². The molecule has 0 saturated carbocycles. The molecule has 3 N–H and O–H groups in total. The van der Waals surface area contributed by atoms with E-state index in [4.69, 9.17) is 5.11 Å². The minimum absolute atomic E-state index is 0.0771. The van der Waals surface area contributed by atoms with Gasteiger partial charge >= 0.3 is 5.97 Å². The highest BCUT2D eigenvalue weighted by Gasteiger charge is 2.11. The molecule has 0 atom stereocenters. The molecule has 0 aliphatic carbocycles. The van der Waals surface area contributed by atoms with E-state index in [-0.39, 0.29) is 11.5 Å². The quantitative estimate of drug-likeness (QED) is 0.539. The third-order valence-corrected chi connectivity index (χ3v) is 4.39. The second kappa shape index (κ2) is 8.49. The summed E-state index contributed by atoms with van der Waals surface area (Å²) in [5.74, 6) is -1.78. The molecule has 28 heavy (non-hydrogen) atoms. The van der Waals surface area contributed by atoms with Crippen LogP contribution in [0.25, 0.3) is 0 Å². The first-order valence-corrected chi connectivity index (χ1v) is 9.03. The van der Waals surface area contributed by atoms with Gasteiger partial charge < -0.3 is 15.7 Å². The van der Waals surface area contributed by atoms with Crippen LogP contribution in [0.1, 0.15) is 31.1 Å². The highest BCUT2D eigenvalue weighted by atomic mass is 79.9. The van der Waals surface area contributed by atoms with Crippen molar-refractivity contribution in [2.24, 2.45) is 0 Å². The molecule has 3 rings (SSSR count). The average Bonchev–Trinajstić information content (AvgIpc) is 2.69. The Morgan fingerprint density at radius 3 is 1.75 bits per heavy atom. The second-order valence-corrected chi connectivity index (χ2v) is 6.80. The molecule has 0 radical (unpaired) electrons. The Hall–Kier alpha value is -3.45. The van der Waals surface area contributed by atoms with Crippen molar-refractivity contribution in [2.75, 3.05) is 10.6 Å². The average molecular weight is 439 g/mol. The Kier molecular flexibility index (Phi) is 5.86. The van der Waals surface area contributed by atoms with E-state index in [1.54, 1.807) is 60.7 Å². The van der Waals surface area contributed by atoms with E-state index in [9.17, 15) is 14.4 Å². The van der Waals surface area contributed by atoms with Gasteiger partial charge in [0.1, 0.15) is 0 Å². The molecule has 0 heterocycles. The molecule has 3 aromatic carbocycles. The number of carboxylic acid groups (broad SMARTS) is 1. The van der Waals surface area contributed by atoms with Crippen LogP contribution in [-0.4, -0.2) is 22.9 Å². The summed E-state index contributed by atoms with van der Waals surface area (Å²) in [7, 11) is 0. The number of halogens is 1. The van der Waals surface area contributed by atoms with Crippen molar-refractivity contribution < 1.29 is 19.5 Å². The van der Waals surface area contributed by atoms with E-state index in [1.165, 1.54) is 12.1 Å². The number of hydrogen-bond donors (Lipinski definition) is 3. The zero-order valence-corrected chi connectivity index (χ0v) is 16.1. The van der Waals surface area contributed by atoms with Crippen molar-refractivity contribution in [3.05, 3.63) is 94.0 Å². The van der Waals surface area contributed by atoms with Gasteiger partial charge in [-0.3, -0.25) is 9.59 Å². The predicted molar refractivity (Wildman–Crippen MR) is 110 cm³/mol. The Morgan fingerprint density at radius 1 is 0.679 bits per heavy atom. The van der Waals surface area contributed by atoms with Gasteiger partial charge in [0.15, 0.2) is 0 Å². The fourth-order valence-corrected chi connectivity index (χ4v) is 2.74. The first-order valence-electron chi connectivity index (χ1n) is 8.24. The number of amides is 2. The van der Waals surface area contributed by atoms with E-state index < -0.39 is 11.9 Å². The Balaban J connectivity index is 1.72. The summed E-state index contributed by atoms with van der Waals surface area (Å²) in [6.45, 7) is 0. The van der Waals surface area contributed by atoms with Gasteiger partial charge in [-0.2, -0.15) is 0 Å². The van der Waals surface area contributed by atoms with Gasteiger partial charge in [0.05, 0.1) is 5.56 Å². The fraction of sp³-hybridized carbons (Fsp3) is 0. The number of carbonyl (C=O) groups is 3. The lowest BCUT2D eigenvalue weighted by Crippen LogP contribution is -2.15. The van der Waals surface area contributed by atoms with E-state index in [0.29, 0.717) is 22.5 Å². The normalized spacial score (nSPS) is 10.2. The molecule has 0 spiro atoms. The third-order valence-electron chi connectivity index (χ3n) is 3.86. The van der Waals surface area contributed by atoms with Crippen molar-refractivity contribution in [3.8, 4) is 0 Å². The summed E-state index contributed by atoms with van der Waals surface area (Å²) in [4.78, 5) is 35.8. The first-order chi connectivity index (χ1) is 13.4. The minimum Gasteiger partial charge on any atom is -0.478 e. The molecular formula is C21H15BrN2O4. The number of rotatable bonds is 5. The van der Waals surface area contributed by atoms with E-state index in [0.717, 1.165) is 4.47 Å². The number of nitrogens with one attached hydrogen (secondary N) is 2. The zero-order chi connectivity index (χ0) is 20.1. The lowest BCUT2D eigenvalue weighted by Gasteiger charge is -2.09. The standard InChI is InChI=1S/C21H15BrN2O4/c22-16-9-7-13(8-10-16)19(25)23-17-5-1-3-14(11-17)20(26)24-18-6-2-4-15(12-18)21(27)28/h1-12H,(H,23,25)(H,24,26)(H,27,28). The molecule has 0 aliphatic rings. The molecule has 0 aromatic heterocycles. The summed E-state index contributed by atoms with van der Waals surface area (Å²) in [6.07, 6.45) is 0. The van der Waals surface area contributed by atoms with Crippen LogP contribution in [0, 0.1) is 0 Å². The van der Waals surface area contributed by atoms with Gasteiger partial charge in [-0.15, -0.1) is 0 Å². The van der Waals surface area contributed by atoms with Gasteiger partial charge in [-0.1, -0.05) is 28.1 Å². The molecule has 6 nitrogen and oxygen atoms in total. The van der Waals surface area contributed by atoms with Crippen LogP contribution in [0.2, 0.25) is 0 Å². The minimum atomic E-state index is -1.08. The Bertz CT molecular complexity index is 1050. The molecule has 140 valence electrons. The molecule has 0 bridgehead atoms. The molecule has 0 saturated heterocycles. The summed E-state index contributed by atoms with van der Waals surface area (Å²) >= 11 is 3.32. The lowest BCUT2D eigenvalue weighted by atomic mass is 10.1. The largest absolute Gasteiger partial charge is 0.478 e. The first kappa shape index (κ1) is 19.3. The van der Waals surface area contributed by atoms with Gasteiger partial charge in [0.25, 0.3) is 11.8 Å². The third kappa shape index (κ3) is 4.83. The van der Waals surface area contributed by atoms with Crippen molar-refractivity contribution >= 4 is 45.1 Å². The maximum absolute atomic E-state index is 12.5. The van der Waals surface area contributed by atoms with Crippen molar-refractivity contribution in [3.63, 3.8) is 0 Å². The van der Waals surface area contributed by atoms with Crippen LogP contribution in [-0.2, 0) is 0 Å². The maximum atomic E-state index is 12.5. The Morgan fingerprint density at radius 2 is 1.18 bits per heavy atom. The molecular weight excluding hydrogens is 424 g/mol. The Labute approximate surface area is 169 Å². The number of benzene rings is 3. The van der Waals surface area contributed by atoms with E-state index >= 15 is 0 Å². The number of carbonyl (C=O) groups excluding carboxylic acids is 2. The molecule has 2 amide bonds. The van der Waals surface area contributed by atoms with Gasteiger partial charge in [-0.25, -0.2) is 4.79 Å². The molecule has 0 fully saturated rings. The van der Waals surface area contributed by atoms with E-state index in [2.05, 4.69) is 26.6 Å². The molecule has 0 unspecified atom stereocenters. The molecule has 0 aliphatic heterocycles. The molecule has 7 heteroatoms. The monoisotopic (exact) mass is 438 g/mol. The van der Waals surface area contributed by atoms with Crippen LogP contribution < -0.4 is 10.6 Å². The van der Waals surface area contributed by atoms with E-state index in [1.807, 2.05) is 0 Å². The van der Waals surface area contributed by atoms with Crippen LogP contribution >= 0.6 is 15.9 Å². The zero-order valence-electron chi connectivity index (χ0n) is 14.5. The maximum Gasteiger partial charge on any atom is 0.335 e. The lowest BCUT2D eigenvalue weighted by molar-refractivity contribution is 0.0696. The van der Waals surface area contributed by atoms with Crippen LogP contribution in [0.5, 0.6) is 0 Å². The van der Waals surface area contributed by atoms with Crippen LogP contribution in [0.15, 0.2) is 77.3 Å². The van der Waals surface area contributed by atoms with Crippen molar-refractivity contribution in [1.82, 2.24) is 0 Å². The van der Waals surface area contributed by atoms with Gasteiger partial charge in [0.2, 0.25) is 0 Å². The highest BCUT2D eigenvalue weighted by Crippen LogP contribution is 2.17. The highest BCUT2D eigenvalue weighted by molar-refractivity contribution is 9.10.